The minimum absolute atomic E-state index is 0.966. The highest BCUT2D eigenvalue weighted by atomic mass is 17.2. The molecule has 0 aromatic rings. The summed E-state index contributed by atoms with van der Waals surface area (Å²) in [6, 6.07) is 0. The third-order valence-corrected chi connectivity index (χ3v) is 0.312. The van der Waals surface area contributed by atoms with Crippen LogP contribution in [0.4, 0.5) is 4.79 Å². The van der Waals surface area contributed by atoms with Crippen molar-refractivity contribution in [2.75, 3.05) is 0 Å². The van der Waals surface area contributed by atoms with Gasteiger partial charge in [0.05, 0.1) is 0 Å². The molecule has 9 nitrogen and oxygen atoms in total. The molecule has 0 unspecified atom stereocenters. The van der Waals surface area contributed by atoms with Crippen molar-refractivity contribution in [3.8, 4) is 0 Å². The van der Waals surface area contributed by atoms with E-state index in [1.54, 1.807) is 0 Å². The van der Waals surface area contributed by atoms with Crippen molar-refractivity contribution in [2.45, 2.75) is 0 Å². The zero-order valence-electron chi connectivity index (χ0n) is 4.41. The minimum atomic E-state index is -1.74. The smallest absolute Gasteiger partial charge is 0.282 e. The highest BCUT2D eigenvalue weighted by molar-refractivity contribution is 5.58. The molecule has 0 bridgehead atoms. The lowest BCUT2D eigenvalue weighted by atomic mass is 11.4. The highest BCUT2D eigenvalue weighted by Gasteiger charge is 2.11. The SMILES string of the molecule is O=C(ON(O)O)ON(O)O. The van der Waals surface area contributed by atoms with Crippen LogP contribution in [-0.2, 0) is 9.68 Å². The van der Waals surface area contributed by atoms with Gasteiger partial charge in [-0.25, -0.2) is 0 Å². The average Bonchev–Trinajstić information content (AvgIpc) is 1.58. The van der Waals surface area contributed by atoms with Gasteiger partial charge in [-0.3, -0.25) is 30.5 Å². The predicted octanol–water partition coefficient (Wildman–Crippen LogP) is -0.870. The Balaban J connectivity index is 3.44. The summed E-state index contributed by atoms with van der Waals surface area (Å²) >= 11 is 0. The second-order valence-corrected chi connectivity index (χ2v) is 0.938. The maximum Gasteiger partial charge on any atom is 0.555 e. The van der Waals surface area contributed by atoms with Crippen LogP contribution in [0.15, 0.2) is 0 Å². The monoisotopic (exact) mass is 156 g/mol. The molecule has 0 heterocycles. The van der Waals surface area contributed by atoms with Crippen molar-refractivity contribution >= 4 is 6.16 Å². The third-order valence-electron chi connectivity index (χ3n) is 0.312. The van der Waals surface area contributed by atoms with E-state index < -0.39 is 16.9 Å². The fourth-order valence-corrected chi connectivity index (χ4v) is 0.150. The van der Waals surface area contributed by atoms with E-state index in [0.29, 0.717) is 0 Å². The maximum absolute atomic E-state index is 9.90. The maximum atomic E-state index is 9.90. The Morgan fingerprint density at radius 2 is 1.30 bits per heavy atom. The molecule has 0 aliphatic heterocycles. The van der Waals surface area contributed by atoms with E-state index in [-0.39, 0.29) is 0 Å². The zero-order valence-corrected chi connectivity index (χ0v) is 4.41. The number of hydrogen-bond acceptors (Lipinski definition) is 9. The van der Waals surface area contributed by atoms with Crippen LogP contribution in [-0.4, -0.2) is 37.8 Å². The van der Waals surface area contributed by atoms with E-state index in [9.17, 15) is 4.79 Å². The van der Waals surface area contributed by atoms with Gasteiger partial charge in [0.15, 0.2) is 0 Å². The lowest BCUT2D eigenvalue weighted by molar-refractivity contribution is -0.504. The van der Waals surface area contributed by atoms with Crippen LogP contribution >= 0.6 is 0 Å². The van der Waals surface area contributed by atoms with Gasteiger partial charge in [-0.1, -0.05) is 0 Å². The van der Waals surface area contributed by atoms with Crippen molar-refractivity contribution in [3.63, 3.8) is 0 Å². The van der Waals surface area contributed by atoms with Crippen LogP contribution < -0.4 is 0 Å². The molecule has 10 heavy (non-hydrogen) atoms. The first-order valence-electron chi connectivity index (χ1n) is 1.78. The summed E-state index contributed by atoms with van der Waals surface area (Å²) < 4.78 is 0. The van der Waals surface area contributed by atoms with Gasteiger partial charge >= 0.3 is 6.16 Å². The summed E-state index contributed by atoms with van der Waals surface area (Å²) in [4.78, 5) is 16.5. The summed E-state index contributed by atoms with van der Waals surface area (Å²) in [7, 11) is 0. The molecule has 0 aromatic heterocycles. The molecule has 0 aliphatic rings. The molecule has 60 valence electrons. The van der Waals surface area contributed by atoms with Crippen LogP contribution in [0.1, 0.15) is 0 Å². The third kappa shape index (κ3) is 5.17. The molecule has 0 saturated heterocycles. The van der Waals surface area contributed by atoms with Crippen molar-refractivity contribution < 1.29 is 35.3 Å². The Labute approximate surface area is 53.5 Å². The Bertz CT molecular complexity index is 98.2. The Morgan fingerprint density at radius 1 is 1.00 bits per heavy atom. The minimum Gasteiger partial charge on any atom is -0.282 e. The Hall–Kier alpha value is -0.970. The molecule has 0 aliphatic carbocycles. The number of rotatable bonds is 2. The van der Waals surface area contributed by atoms with Gasteiger partial charge in [-0.05, 0) is 0 Å². The van der Waals surface area contributed by atoms with Gasteiger partial charge in [-0.2, -0.15) is 4.79 Å². The summed E-state index contributed by atoms with van der Waals surface area (Å²) in [6.07, 6.45) is -1.74. The molecule has 0 amide bonds. The molecule has 0 saturated carbocycles. The van der Waals surface area contributed by atoms with Gasteiger partial charge in [0.25, 0.3) is 0 Å². The topological polar surface area (TPSA) is 123 Å². The largest absolute Gasteiger partial charge is 0.555 e. The fraction of sp³-hybridized carbons (Fsp3) is 0. The fourth-order valence-electron chi connectivity index (χ4n) is 0.150. The molecular weight excluding hydrogens is 152 g/mol. The van der Waals surface area contributed by atoms with Crippen LogP contribution in [0.3, 0.4) is 0 Å². The first-order chi connectivity index (χ1) is 4.52. The average molecular weight is 156 g/mol. The van der Waals surface area contributed by atoms with E-state index in [2.05, 4.69) is 9.68 Å². The van der Waals surface area contributed by atoms with E-state index in [4.69, 9.17) is 20.8 Å². The highest BCUT2D eigenvalue weighted by Crippen LogP contribution is 1.87. The lowest BCUT2D eigenvalue weighted by Crippen LogP contribution is -2.26. The molecular formula is CH4N2O7. The second-order valence-electron chi connectivity index (χ2n) is 0.938. The summed E-state index contributed by atoms with van der Waals surface area (Å²) in [6.45, 7) is 0. The zero-order chi connectivity index (χ0) is 8.15. The van der Waals surface area contributed by atoms with E-state index in [1.807, 2.05) is 0 Å². The number of carbonyl (C=O) groups excluding carboxylic acids is 1. The van der Waals surface area contributed by atoms with E-state index in [0.717, 1.165) is 0 Å². The van der Waals surface area contributed by atoms with Gasteiger partial charge in [0.1, 0.15) is 10.8 Å². The number of nitrogens with zero attached hydrogens (tertiary/aromatic N) is 2. The van der Waals surface area contributed by atoms with E-state index in [1.165, 1.54) is 0 Å². The summed E-state index contributed by atoms with van der Waals surface area (Å²) in [5.41, 5.74) is 0. The lowest BCUT2D eigenvalue weighted by Gasteiger charge is -2.06. The van der Waals surface area contributed by atoms with Crippen LogP contribution in [0.25, 0.3) is 0 Å². The first-order valence-corrected chi connectivity index (χ1v) is 1.78. The first kappa shape index (κ1) is 9.03. The molecule has 0 spiro atoms. The van der Waals surface area contributed by atoms with Crippen molar-refractivity contribution in [1.29, 1.82) is 0 Å². The second kappa shape index (κ2) is 3.94. The van der Waals surface area contributed by atoms with Crippen LogP contribution in [0, 0.1) is 0 Å². The van der Waals surface area contributed by atoms with Gasteiger partial charge in [0, 0.05) is 0 Å². The standard InChI is InChI=1S/CH4N2O7/c4-1(9-2(5)6)10-3(7)8/h5-8H. The number of carbonyl (C=O) groups is 1. The molecule has 0 atom stereocenters. The van der Waals surface area contributed by atoms with E-state index >= 15 is 0 Å². The van der Waals surface area contributed by atoms with Crippen molar-refractivity contribution in [1.82, 2.24) is 10.8 Å². The molecule has 9 heteroatoms. The molecule has 4 N–H and O–H groups in total. The van der Waals surface area contributed by atoms with Gasteiger partial charge < -0.3 is 0 Å². The van der Waals surface area contributed by atoms with Gasteiger partial charge in [-0.15, -0.1) is 0 Å². The molecule has 0 fully saturated rings. The van der Waals surface area contributed by atoms with Crippen LogP contribution in [0.5, 0.6) is 0 Å². The normalized spacial score (nSPS) is 10.2. The molecule has 0 rings (SSSR count). The van der Waals surface area contributed by atoms with Crippen molar-refractivity contribution in [3.05, 3.63) is 0 Å². The number of hydrogen-bond donors (Lipinski definition) is 4. The summed E-state index contributed by atoms with van der Waals surface area (Å²) in [5, 5.41) is 28.9. The van der Waals surface area contributed by atoms with Gasteiger partial charge in [0.2, 0.25) is 0 Å². The Kier molecular flexibility index (Phi) is 3.56. The molecule has 0 aromatic carbocycles. The predicted molar refractivity (Wildman–Crippen MR) is 18.4 cm³/mol. The quantitative estimate of drug-likeness (QED) is 0.377. The van der Waals surface area contributed by atoms with Crippen molar-refractivity contribution in [2.24, 2.45) is 0 Å². The molecule has 0 radical (unpaired) electrons. The Morgan fingerprint density at radius 3 is 1.50 bits per heavy atom. The summed E-state index contributed by atoms with van der Waals surface area (Å²) in [5.74, 6) is 0. The van der Waals surface area contributed by atoms with Crippen LogP contribution in [0.2, 0.25) is 0 Å².